The molecule has 0 aliphatic rings. The first-order valence-corrected chi connectivity index (χ1v) is 5.78. The number of aryl methyl sites for hydroxylation is 3. The van der Waals surface area contributed by atoms with Crippen LogP contribution in [0, 0.1) is 20.8 Å². The number of hydrogen-bond donors (Lipinski definition) is 0. The summed E-state index contributed by atoms with van der Waals surface area (Å²) >= 11 is 0. The molecule has 0 unspecified atom stereocenters. The maximum absolute atomic E-state index is 11.9. The number of aromatic nitrogens is 1. The van der Waals surface area contributed by atoms with Crippen LogP contribution in [-0.4, -0.2) is 11.0 Å². The SMILES string of the molecule is Cc1cc(C)cc(OC(=O)c2ccc(C)nc2)c1. The highest BCUT2D eigenvalue weighted by atomic mass is 16.5. The zero-order valence-corrected chi connectivity index (χ0v) is 10.7. The molecule has 0 N–H and O–H groups in total. The maximum Gasteiger partial charge on any atom is 0.345 e. The van der Waals surface area contributed by atoms with Crippen molar-refractivity contribution in [2.75, 3.05) is 0 Å². The molecule has 1 aromatic heterocycles. The molecule has 2 aromatic rings. The summed E-state index contributed by atoms with van der Waals surface area (Å²) in [5.41, 5.74) is 3.47. The third-order valence-corrected chi connectivity index (χ3v) is 2.55. The van der Waals surface area contributed by atoms with Gasteiger partial charge in [0.15, 0.2) is 0 Å². The van der Waals surface area contributed by atoms with Gasteiger partial charge in [-0.25, -0.2) is 4.79 Å². The fraction of sp³-hybridized carbons (Fsp3) is 0.200. The van der Waals surface area contributed by atoms with Crippen LogP contribution in [0.2, 0.25) is 0 Å². The van der Waals surface area contributed by atoms with Gasteiger partial charge < -0.3 is 4.74 Å². The van der Waals surface area contributed by atoms with Gasteiger partial charge in [-0.05, 0) is 56.2 Å². The lowest BCUT2D eigenvalue weighted by Gasteiger charge is -2.06. The van der Waals surface area contributed by atoms with Crippen LogP contribution < -0.4 is 4.74 Å². The number of rotatable bonds is 2. The molecule has 18 heavy (non-hydrogen) atoms. The van der Waals surface area contributed by atoms with Crippen LogP contribution in [0.4, 0.5) is 0 Å². The molecule has 0 amide bonds. The first kappa shape index (κ1) is 12.3. The quantitative estimate of drug-likeness (QED) is 0.598. The van der Waals surface area contributed by atoms with Gasteiger partial charge in [-0.3, -0.25) is 4.98 Å². The summed E-state index contributed by atoms with van der Waals surface area (Å²) in [4.78, 5) is 16.0. The Labute approximate surface area is 106 Å². The third kappa shape index (κ3) is 2.94. The Bertz CT molecular complexity index is 553. The van der Waals surface area contributed by atoms with Crippen LogP contribution in [0.25, 0.3) is 0 Å². The van der Waals surface area contributed by atoms with Gasteiger partial charge in [0.2, 0.25) is 0 Å². The van der Waals surface area contributed by atoms with Crippen LogP contribution in [0.5, 0.6) is 5.75 Å². The summed E-state index contributed by atoms with van der Waals surface area (Å²) in [6.07, 6.45) is 1.53. The molecule has 0 fully saturated rings. The Morgan fingerprint density at radius 2 is 1.72 bits per heavy atom. The lowest BCUT2D eigenvalue weighted by molar-refractivity contribution is 0.0734. The number of carbonyl (C=O) groups excluding carboxylic acids is 1. The van der Waals surface area contributed by atoms with E-state index in [1.54, 1.807) is 12.1 Å². The van der Waals surface area contributed by atoms with Crippen molar-refractivity contribution < 1.29 is 9.53 Å². The van der Waals surface area contributed by atoms with Crippen molar-refractivity contribution in [3.63, 3.8) is 0 Å². The second kappa shape index (κ2) is 5.00. The number of esters is 1. The van der Waals surface area contributed by atoms with E-state index in [1.807, 2.05) is 39.0 Å². The van der Waals surface area contributed by atoms with E-state index >= 15 is 0 Å². The summed E-state index contributed by atoms with van der Waals surface area (Å²) in [5.74, 6) is 0.186. The van der Waals surface area contributed by atoms with E-state index in [4.69, 9.17) is 4.74 Å². The predicted molar refractivity (Wildman–Crippen MR) is 69.8 cm³/mol. The van der Waals surface area contributed by atoms with Crippen LogP contribution >= 0.6 is 0 Å². The average molecular weight is 241 g/mol. The molecule has 0 aliphatic heterocycles. The summed E-state index contributed by atoms with van der Waals surface area (Å²) in [5, 5.41) is 0. The fourth-order valence-corrected chi connectivity index (χ4v) is 1.75. The van der Waals surface area contributed by atoms with Gasteiger partial charge in [0.05, 0.1) is 5.56 Å². The van der Waals surface area contributed by atoms with Crippen LogP contribution in [-0.2, 0) is 0 Å². The molecule has 1 aromatic carbocycles. The maximum atomic E-state index is 11.9. The standard InChI is InChI=1S/C15H15NO2/c1-10-6-11(2)8-14(7-10)18-15(17)13-5-4-12(3)16-9-13/h4-9H,1-3H3. The normalized spacial score (nSPS) is 10.2. The van der Waals surface area contributed by atoms with Gasteiger partial charge in [0.25, 0.3) is 0 Å². The molecule has 92 valence electrons. The molecule has 2 rings (SSSR count). The highest BCUT2D eigenvalue weighted by molar-refractivity contribution is 5.90. The van der Waals surface area contributed by atoms with Crippen molar-refractivity contribution >= 4 is 5.97 Å². The average Bonchev–Trinajstić information content (AvgIpc) is 2.28. The summed E-state index contributed by atoms with van der Waals surface area (Å²) in [7, 11) is 0. The number of benzene rings is 1. The molecule has 0 saturated heterocycles. The van der Waals surface area contributed by atoms with Crippen molar-refractivity contribution in [3.05, 3.63) is 58.9 Å². The largest absolute Gasteiger partial charge is 0.423 e. The summed E-state index contributed by atoms with van der Waals surface area (Å²) in [6.45, 7) is 5.81. The Morgan fingerprint density at radius 3 is 2.28 bits per heavy atom. The van der Waals surface area contributed by atoms with Crippen molar-refractivity contribution in [1.29, 1.82) is 0 Å². The van der Waals surface area contributed by atoms with Crippen molar-refractivity contribution in [2.24, 2.45) is 0 Å². The van der Waals surface area contributed by atoms with E-state index in [1.165, 1.54) is 6.20 Å². The molecule has 0 spiro atoms. The molecule has 0 atom stereocenters. The lowest BCUT2D eigenvalue weighted by atomic mass is 10.1. The van der Waals surface area contributed by atoms with E-state index in [2.05, 4.69) is 4.98 Å². The smallest absolute Gasteiger partial charge is 0.345 e. The van der Waals surface area contributed by atoms with E-state index < -0.39 is 0 Å². The predicted octanol–water partition coefficient (Wildman–Crippen LogP) is 3.23. The lowest BCUT2D eigenvalue weighted by Crippen LogP contribution is -2.09. The number of hydrogen-bond acceptors (Lipinski definition) is 3. The molecule has 1 heterocycles. The van der Waals surface area contributed by atoms with E-state index in [0.717, 1.165) is 16.8 Å². The Hall–Kier alpha value is -2.16. The molecule has 0 aliphatic carbocycles. The van der Waals surface area contributed by atoms with Gasteiger partial charge in [-0.1, -0.05) is 6.07 Å². The number of pyridine rings is 1. The molecular weight excluding hydrogens is 226 g/mol. The molecule has 0 bridgehead atoms. The van der Waals surface area contributed by atoms with Crippen LogP contribution in [0.3, 0.4) is 0 Å². The van der Waals surface area contributed by atoms with Crippen molar-refractivity contribution in [3.8, 4) is 5.75 Å². The second-order valence-corrected chi connectivity index (χ2v) is 4.40. The van der Waals surface area contributed by atoms with E-state index in [0.29, 0.717) is 11.3 Å². The molecular formula is C15H15NO2. The minimum Gasteiger partial charge on any atom is -0.423 e. The van der Waals surface area contributed by atoms with Crippen LogP contribution in [0.1, 0.15) is 27.2 Å². The van der Waals surface area contributed by atoms with E-state index in [9.17, 15) is 4.79 Å². The van der Waals surface area contributed by atoms with Gasteiger partial charge in [-0.2, -0.15) is 0 Å². The van der Waals surface area contributed by atoms with Gasteiger partial charge in [0, 0.05) is 11.9 Å². The van der Waals surface area contributed by atoms with Crippen molar-refractivity contribution in [1.82, 2.24) is 4.98 Å². The molecule has 0 radical (unpaired) electrons. The minimum absolute atomic E-state index is 0.382. The monoisotopic (exact) mass is 241 g/mol. The zero-order chi connectivity index (χ0) is 13.1. The van der Waals surface area contributed by atoms with Gasteiger partial charge in [-0.15, -0.1) is 0 Å². The number of carbonyl (C=O) groups is 1. The van der Waals surface area contributed by atoms with Gasteiger partial charge >= 0.3 is 5.97 Å². The van der Waals surface area contributed by atoms with Crippen molar-refractivity contribution in [2.45, 2.75) is 20.8 Å². The molecule has 3 heteroatoms. The van der Waals surface area contributed by atoms with Gasteiger partial charge in [0.1, 0.15) is 5.75 Å². The zero-order valence-electron chi connectivity index (χ0n) is 10.7. The van der Waals surface area contributed by atoms with E-state index in [-0.39, 0.29) is 5.97 Å². The number of ether oxygens (including phenoxy) is 1. The topological polar surface area (TPSA) is 39.2 Å². The van der Waals surface area contributed by atoms with Crippen LogP contribution in [0.15, 0.2) is 36.5 Å². The summed E-state index contributed by atoms with van der Waals surface area (Å²) < 4.78 is 5.32. The Morgan fingerprint density at radius 1 is 1.06 bits per heavy atom. The minimum atomic E-state index is -0.382. The fourth-order valence-electron chi connectivity index (χ4n) is 1.75. The highest BCUT2D eigenvalue weighted by Crippen LogP contribution is 2.17. The number of nitrogens with zero attached hydrogens (tertiary/aromatic N) is 1. The Balaban J connectivity index is 2.18. The Kier molecular flexibility index (Phi) is 3.42. The molecule has 0 saturated carbocycles. The molecule has 3 nitrogen and oxygen atoms in total. The first-order chi connectivity index (χ1) is 8.54. The third-order valence-electron chi connectivity index (χ3n) is 2.55. The summed E-state index contributed by atoms with van der Waals surface area (Å²) in [6, 6.07) is 9.22. The first-order valence-electron chi connectivity index (χ1n) is 5.78. The highest BCUT2D eigenvalue weighted by Gasteiger charge is 2.09. The second-order valence-electron chi connectivity index (χ2n) is 4.40.